The highest BCUT2D eigenvalue weighted by molar-refractivity contribution is 6.18. The summed E-state index contributed by atoms with van der Waals surface area (Å²) in [5, 5.41) is 0. The van der Waals surface area contributed by atoms with E-state index in [1.807, 2.05) is 26.0 Å². The molecule has 0 bridgehead atoms. The number of halogens is 1. The molecule has 1 rings (SSSR count). The van der Waals surface area contributed by atoms with Crippen LogP contribution in [0.3, 0.4) is 0 Å². The third-order valence-corrected chi connectivity index (χ3v) is 2.88. The van der Waals surface area contributed by atoms with E-state index in [1.54, 1.807) is 0 Å². The summed E-state index contributed by atoms with van der Waals surface area (Å²) in [5.41, 5.74) is 0.981. The minimum atomic E-state index is -0.308. The van der Waals surface area contributed by atoms with Crippen LogP contribution < -0.4 is 4.74 Å². The second kappa shape index (κ2) is 4.89. The third kappa shape index (κ3) is 3.75. The van der Waals surface area contributed by atoms with Crippen molar-refractivity contribution in [3.63, 3.8) is 0 Å². The van der Waals surface area contributed by atoms with Gasteiger partial charge in [-0.05, 0) is 37.5 Å². The van der Waals surface area contributed by atoms with E-state index in [2.05, 4.69) is 26.0 Å². The Morgan fingerprint density at radius 1 is 1.33 bits per heavy atom. The lowest BCUT2D eigenvalue weighted by Gasteiger charge is -2.24. The van der Waals surface area contributed by atoms with Crippen molar-refractivity contribution in [2.45, 2.75) is 39.2 Å². The van der Waals surface area contributed by atoms with Crippen LogP contribution in [0, 0.1) is 0 Å². The van der Waals surface area contributed by atoms with Crippen molar-refractivity contribution >= 4 is 11.6 Å². The molecule has 15 heavy (non-hydrogen) atoms. The van der Waals surface area contributed by atoms with Crippen LogP contribution in [0.2, 0.25) is 0 Å². The van der Waals surface area contributed by atoms with E-state index < -0.39 is 0 Å². The quantitative estimate of drug-likeness (QED) is 0.699. The molecule has 1 aromatic carbocycles. The summed E-state index contributed by atoms with van der Waals surface area (Å²) in [6.45, 7) is 8.32. The zero-order valence-corrected chi connectivity index (χ0v) is 10.6. The molecule has 0 aliphatic carbocycles. The van der Waals surface area contributed by atoms with Crippen molar-refractivity contribution in [3.05, 3.63) is 29.8 Å². The normalized spacial score (nSPS) is 11.9. The van der Waals surface area contributed by atoms with E-state index in [9.17, 15) is 0 Å². The predicted octanol–water partition coefficient (Wildman–Crippen LogP) is 4.21. The molecule has 0 unspecified atom stereocenters. The maximum atomic E-state index is 5.82. The number of benzene rings is 1. The standard InChI is InChI=1S/C13H19ClO/c1-10(2)11-6-5-7-12(8-11)15-13(3,4)9-14/h5-8,10H,9H2,1-4H3. The summed E-state index contributed by atoms with van der Waals surface area (Å²) in [4.78, 5) is 0. The lowest BCUT2D eigenvalue weighted by molar-refractivity contribution is 0.134. The van der Waals surface area contributed by atoms with Gasteiger partial charge in [0.15, 0.2) is 0 Å². The molecule has 0 aromatic heterocycles. The van der Waals surface area contributed by atoms with Crippen LogP contribution in [0.15, 0.2) is 24.3 Å². The summed E-state index contributed by atoms with van der Waals surface area (Å²) in [7, 11) is 0. The molecule has 2 heteroatoms. The summed E-state index contributed by atoms with van der Waals surface area (Å²) in [5.74, 6) is 1.90. The van der Waals surface area contributed by atoms with E-state index in [0.29, 0.717) is 11.8 Å². The van der Waals surface area contributed by atoms with Crippen LogP contribution in [0.5, 0.6) is 5.75 Å². The Labute approximate surface area is 97.4 Å². The summed E-state index contributed by atoms with van der Waals surface area (Å²) in [6, 6.07) is 8.19. The first kappa shape index (κ1) is 12.4. The minimum Gasteiger partial charge on any atom is -0.487 e. The van der Waals surface area contributed by atoms with E-state index in [0.717, 1.165) is 5.75 Å². The Bertz CT molecular complexity index is 318. The fourth-order valence-electron chi connectivity index (χ4n) is 1.28. The van der Waals surface area contributed by atoms with Gasteiger partial charge in [-0.3, -0.25) is 0 Å². The smallest absolute Gasteiger partial charge is 0.120 e. The van der Waals surface area contributed by atoms with Crippen molar-refractivity contribution in [2.75, 3.05) is 5.88 Å². The van der Waals surface area contributed by atoms with Gasteiger partial charge in [0.05, 0.1) is 5.88 Å². The van der Waals surface area contributed by atoms with Crippen LogP contribution in [-0.2, 0) is 0 Å². The Hall–Kier alpha value is -0.690. The zero-order chi connectivity index (χ0) is 11.5. The average Bonchev–Trinajstić information content (AvgIpc) is 2.17. The fraction of sp³-hybridized carbons (Fsp3) is 0.538. The van der Waals surface area contributed by atoms with Gasteiger partial charge in [0.2, 0.25) is 0 Å². The van der Waals surface area contributed by atoms with E-state index in [1.165, 1.54) is 5.56 Å². The topological polar surface area (TPSA) is 9.23 Å². The maximum absolute atomic E-state index is 5.82. The van der Waals surface area contributed by atoms with Crippen molar-refractivity contribution in [2.24, 2.45) is 0 Å². The number of hydrogen-bond donors (Lipinski definition) is 0. The summed E-state index contributed by atoms with van der Waals surface area (Å²) >= 11 is 5.82. The zero-order valence-electron chi connectivity index (χ0n) is 9.88. The molecule has 0 amide bonds. The Balaban J connectivity index is 2.82. The molecule has 0 aliphatic heterocycles. The van der Waals surface area contributed by atoms with Crippen molar-refractivity contribution in [1.29, 1.82) is 0 Å². The molecule has 0 N–H and O–H groups in total. The Morgan fingerprint density at radius 2 is 2.00 bits per heavy atom. The predicted molar refractivity (Wildman–Crippen MR) is 66.0 cm³/mol. The van der Waals surface area contributed by atoms with Crippen molar-refractivity contribution < 1.29 is 4.74 Å². The maximum Gasteiger partial charge on any atom is 0.120 e. The second-order valence-electron chi connectivity index (χ2n) is 4.72. The van der Waals surface area contributed by atoms with Gasteiger partial charge in [-0.1, -0.05) is 26.0 Å². The number of rotatable bonds is 4. The van der Waals surface area contributed by atoms with Gasteiger partial charge in [0.1, 0.15) is 11.4 Å². The minimum absolute atomic E-state index is 0.308. The SMILES string of the molecule is CC(C)c1cccc(OC(C)(C)CCl)c1. The van der Waals surface area contributed by atoms with Crippen LogP contribution in [-0.4, -0.2) is 11.5 Å². The van der Waals surface area contributed by atoms with Gasteiger partial charge in [-0.15, -0.1) is 11.6 Å². The molecule has 0 aliphatic rings. The number of ether oxygens (including phenoxy) is 1. The molecule has 0 saturated carbocycles. The van der Waals surface area contributed by atoms with Gasteiger partial charge in [-0.25, -0.2) is 0 Å². The molecule has 1 nitrogen and oxygen atoms in total. The molecule has 0 spiro atoms. The second-order valence-corrected chi connectivity index (χ2v) is 4.99. The highest BCUT2D eigenvalue weighted by Gasteiger charge is 2.18. The lowest BCUT2D eigenvalue weighted by atomic mass is 10.0. The Kier molecular flexibility index (Phi) is 4.04. The van der Waals surface area contributed by atoms with Crippen LogP contribution in [0.25, 0.3) is 0 Å². The largest absolute Gasteiger partial charge is 0.487 e. The van der Waals surface area contributed by atoms with Crippen LogP contribution in [0.4, 0.5) is 0 Å². The van der Waals surface area contributed by atoms with E-state index >= 15 is 0 Å². The molecule has 84 valence electrons. The van der Waals surface area contributed by atoms with Gasteiger partial charge in [0, 0.05) is 0 Å². The van der Waals surface area contributed by atoms with Crippen molar-refractivity contribution in [3.8, 4) is 5.75 Å². The van der Waals surface area contributed by atoms with Crippen LogP contribution in [0.1, 0.15) is 39.2 Å². The molecule has 0 atom stereocenters. The van der Waals surface area contributed by atoms with Gasteiger partial charge < -0.3 is 4.74 Å². The first-order chi connectivity index (χ1) is 6.94. The van der Waals surface area contributed by atoms with Gasteiger partial charge >= 0.3 is 0 Å². The molecule has 1 aromatic rings. The highest BCUT2D eigenvalue weighted by Crippen LogP contribution is 2.23. The molecule has 0 fully saturated rings. The van der Waals surface area contributed by atoms with Gasteiger partial charge in [-0.2, -0.15) is 0 Å². The summed E-state index contributed by atoms with van der Waals surface area (Å²) < 4.78 is 5.81. The number of alkyl halides is 1. The third-order valence-electron chi connectivity index (χ3n) is 2.24. The molecule has 0 radical (unpaired) electrons. The van der Waals surface area contributed by atoms with Crippen LogP contribution >= 0.6 is 11.6 Å². The number of hydrogen-bond acceptors (Lipinski definition) is 1. The van der Waals surface area contributed by atoms with E-state index in [-0.39, 0.29) is 5.60 Å². The molecule has 0 saturated heterocycles. The first-order valence-electron chi connectivity index (χ1n) is 5.29. The van der Waals surface area contributed by atoms with Gasteiger partial charge in [0.25, 0.3) is 0 Å². The Morgan fingerprint density at radius 3 is 2.53 bits per heavy atom. The van der Waals surface area contributed by atoms with E-state index in [4.69, 9.17) is 16.3 Å². The highest BCUT2D eigenvalue weighted by atomic mass is 35.5. The fourth-order valence-corrected chi connectivity index (χ4v) is 1.34. The summed E-state index contributed by atoms with van der Waals surface area (Å²) in [6.07, 6.45) is 0. The molecular weight excluding hydrogens is 208 g/mol. The lowest BCUT2D eigenvalue weighted by Crippen LogP contribution is -2.30. The average molecular weight is 227 g/mol. The molecular formula is C13H19ClO. The van der Waals surface area contributed by atoms with Crippen molar-refractivity contribution in [1.82, 2.24) is 0 Å². The monoisotopic (exact) mass is 226 g/mol. The molecule has 0 heterocycles. The first-order valence-corrected chi connectivity index (χ1v) is 5.83.